The van der Waals surface area contributed by atoms with Crippen LogP contribution in [0.15, 0.2) is 59.5 Å². The van der Waals surface area contributed by atoms with Gasteiger partial charge in [-0.15, -0.1) is 0 Å². The third kappa shape index (κ3) is 3.66. The number of amides is 1. The Labute approximate surface area is 142 Å². The van der Waals surface area contributed by atoms with Crippen molar-refractivity contribution in [3.8, 4) is 0 Å². The number of likely N-dealkylation sites (tertiary alicyclic amines) is 1. The SMILES string of the molecule is N[C@@H]1CCN(C(=O)c2cccc(CS(=O)(=O)c3ccccc3)c2)C1. The maximum atomic E-state index is 12.5. The summed E-state index contributed by atoms with van der Waals surface area (Å²) in [5.74, 6) is -0.223. The van der Waals surface area contributed by atoms with Crippen molar-refractivity contribution in [1.82, 2.24) is 4.90 Å². The Morgan fingerprint density at radius 3 is 2.54 bits per heavy atom. The van der Waals surface area contributed by atoms with Crippen molar-refractivity contribution >= 4 is 15.7 Å². The number of carbonyl (C=O) groups is 1. The molecule has 126 valence electrons. The first-order valence-electron chi connectivity index (χ1n) is 7.87. The topological polar surface area (TPSA) is 80.5 Å². The Morgan fingerprint density at radius 1 is 1.12 bits per heavy atom. The van der Waals surface area contributed by atoms with Crippen molar-refractivity contribution in [1.29, 1.82) is 0 Å². The molecule has 0 aliphatic carbocycles. The summed E-state index contributed by atoms with van der Waals surface area (Å²) in [5.41, 5.74) is 6.95. The average Bonchev–Trinajstić information content (AvgIpc) is 3.01. The minimum absolute atomic E-state index is 0.0237. The first-order valence-corrected chi connectivity index (χ1v) is 9.52. The van der Waals surface area contributed by atoms with Gasteiger partial charge < -0.3 is 10.6 Å². The van der Waals surface area contributed by atoms with E-state index < -0.39 is 9.84 Å². The maximum Gasteiger partial charge on any atom is 0.253 e. The zero-order valence-corrected chi connectivity index (χ0v) is 14.1. The summed E-state index contributed by atoms with van der Waals surface area (Å²) in [7, 11) is -3.43. The quantitative estimate of drug-likeness (QED) is 0.918. The maximum absolute atomic E-state index is 12.5. The lowest BCUT2D eigenvalue weighted by Crippen LogP contribution is -2.31. The second-order valence-electron chi connectivity index (χ2n) is 6.07. The number of nitrogens with zero attached hydrogens (tertiary/aromatic N) is 1. The van der Waals surface area contributed by atoms with Crippen molar-refractivity contribution in [3.05, 3.63) is 65.7 Å². The Morgan fingerprint density at radius 2 is 1.88 bits per heavy atom. The summed E-state index contributed by atoms with van der Waals surface area (Å²) in [6, 6.07) is 15.2. The summed E-state index contributed by atoms with van der Waals surface area (Å²) in [6.07, 6.45) is 0.799. The first kappa shape index (κ1) is 16.7. The van der Waals surface area contributed by atoms with Crippen molar-refractivity contribution in [2.24, 2.45) is 5.73 Å². The molecule has 2 aromatic carbocycles. The van der Waals surface area contributed by atoms with E-state index in [4.69, 9.17) is 5.73 Å². The number of hydrogen-bond donors (Lipinski definition) is 1. The summed E-state index contributed by atoms with van der Waals surface area (Å²) in [6.45, 7) is 1.19. The van der Waals surface area contributed by atoms with Crippen LogP contribution >= 0.6 is 0 Å². The van der Waals surface area contributed by atoms with Gasteiger partial charge >= 0.3 is 0 Å². The van der Waals surface area contributed by atoms with E-state index in [0.29, 0.717) is 24.2 Å². The van der Waals surface area contributed by atoms with Gasteiger partial charge in [-0.1, -0.05) is 30.3 Å². The highest BCUT2D eigenvalue weighted by molar-refractivity contribution is 7.90. The molecule has 6 heteroatoms. The molecule has 2 aromatic rings. The predicted molar refractivity (Wildman–Crippen MR) is 92.3 cm³/mol. The minimum Gasteiger partial charge on any atom is -0.337 e. The van der Waals surface area contributed by atoms with Crippen molar-refractivity contribution < 1.29 is 13.2 Å². The van der Waals surface area contributed by atoms with Gasteiger partial charge in [0, 0.05) is 24.7 Å². The molecule has 0 saturated carbocycles. The normalized spacial score (nSPS) is 17.9. The fourth-order valence-corrected chi connectivity index (χ4v) is 4.24. The molecule has 2 N–H and O–H groups in total. The van der Waals surface area contributed by atoms with Gasteiger partial charge in [-0.25, -0.2) is 8.42 Å². The summed E-state index contributed by atoms with van der Waals surface area (Å²) in [4.78, 5) is 14.5. The Hall–Kier alpha value is -2.18. The minimum atomic E-state index is -3.43. The van der Waals surface area contributed by atoms with Crippen LogP contribution in [0, 0.1) is 0 Å². The van der Waals surface area contributed by atoms with Crippen LogP contribution in [-0.4, -0.2) is 38.4 Å². The van der Waals surface area contributed by atoms with Crippen LogP contribution in [0.4, 0.5) is 0 Å². The molecule has 0 spiro atoms. The van der Waals surface area contributed by atoms with Gasteiger partial charge in [0.05, 0.1) is 10.6 Å². The van der Waals surface area contributed by atoms with Gasteiger partial charge in [0.15, 0.2) is 9.84 Å². The molecule has 1 saturated heterocycles. The van der Waals surface area contributed by atoms with Gasteiger partial charge in [0.25, 0.3) is 5.91 Å². The number of benzene rings is 2. The fourth-order valence-electron chi connectivity index (χ4n) is 2.88. The van der Waals surface area contributed by atoms with Crippen molar-refractivity contribution in [2.45, 2.75) is 23.1 Å². The lowest BCUT2D eigenvalue weighted by atomic mass is 10.1. The molecule has 1 fully saturated rings. The molecule has 0 radical (unpaired) electrons. The number of carbonyl (C=O) groups excluding carboxylic acids is 1. The Kier molecular flexibility index (Phi) is 4.69. The van der Waals surface area contributed by atoms with Gasteiger partial charge in [-0.3, -0.25) is 4.79 Å². The van der Waals surface area contributed by atoms with E-state index in [0.717, 1.165) is 6.42 Å². The molecule has 1 heterocycles. The molecule has 1 amide bonds. The molecule has 0 unspecified atom stereocenters. The second kappa shape index (κ2) is 6.75. The average molecular weight is 344 g/mol. The highest BCUT2D eigenvalue weighted by Crippen LogP contribution is 2.18. The van der Waals surface area contributed by atoms with Crippen LogP contribution in [0.3, 0.4) is 0 Å². The lowest BCUT2D eigenvalue weighted by molar-refractivity contribution is 0.0790. The van der Waals surface area contributed by atoms with Crippen LogP contribution in [0.25, 0.3) is 0 Å². The largest absolute Gasteiger partial charge is 0.337 e. The summed E-state index contributed by atoms with van der Waals surface area (Å²) in [5, 5.41) is 0. The molecule has 5 nitrogen and oxygen atoms in total. The number of nitrogens with two attached hydrogens (primary N) is 1. The zero-order chi connectivity index (χ0) is 17.2. The smallest absolute Gasteiger partial charge is 0.253 e. The van der Waals surface area contributed by atoms with Gasteiger partial charge in [-0.2, -0.15) is 0 Å². The summed E-state index contributed by atoms with van der Waals surface area (Å²) < 4.78 is 24.9. The van der Waals surface area contributed by atoms with E-state index in [1.807, 2.05) is 0 Å². The highest BCUT2D eigenvalue weighted by atomic mass is 32.2. The molecule has 3 rings (SSSR count). The number of rotatable bonds is 4. The van der Waals surface area contributed by atoms with Crippen molar-refractivity contribution in [3.63, 3.8) is 0 Å². The standard InChI is InChI=1S/C18H20N2O3S/c19-16-9-10-20(12-16)18(21)15-6-4-5-14(11-15)13-24(22,23)17-7-2-1-3-8-17/h1-8,11,16H,9-10,12-13,19H2/t16-/m1/s1. The van der Waals surface area contributed by atoms with E-state index in [2.05, 4.69) is 0 Å². The van der Waals surface area contributed by atoms with Crippen LogP contribution in [0.5, 0.6) is 0 Å². The molecular weight excluding hydrogens is 324 g/mol. The molecule has 1 atom stereocenters. The van der Waals surface area contributed by atoms with Gasteiger partial charge in [-0.05, 0) is 36.2 Å². The molecule has 0 bridgehead atoms. The van der Waals surface area contributed by atoms with E-state index in [-0.39, 0.29) is 22.6 Å². The Balaban J connectivity index is 1.80. The highest BCUT2D eigenvalue weighted by Gasteiger charge is 2.25. The third-order valence-electron chi connectivity index (χ3n) is 4.14. The number of hydrogen-bond acceptors (Lipinski definition) is 4. The monoisotopic (exact) mass is 344 g/mol. The van der Waals surface area contributed by atoms with Crippen LogP contribution in [-0.2, 0) is 15.6 Å². The van der Waals surface area contributed by atoms with E-state index >= 15 is 0 Å². The molecule has 1 aliphatic rings. The second-order valence-corrected chi connectivity index (χ2v) is 8.06. The van der Waals surface area contributed by atoms with Crippen LogP contribution < -0.4 is 5.73 Å². The van der Waals surface area contributed by atoms with Gasteiger partial charge in [0.1, 0.15) is 0 Å². The summed E-state index contributed by atoms with van der Waals surface area (Å²) >= 11 is 0. The fraction of sp³-hybridized carbons (Fsp3) is 0.278. The van der Waals surface area contributed by atoms with E-state index in [9.17, 15) is 13.2 Å². The lowest BCUT2D eigenvalue weighted by Gasteiger charge is -2.16. The van der Waals surface area contributed by atoms with Crippen molar-refractivity contribution in [2.75, 3.05) is 13.1 Å². The zero-order valence-electron chi connectivity index (χ0n) is 13.3. The van der Waals surface area contributed by atoms with E-state index in [1.165, 1.54) is 0 Å². The predicted octanol–water partition coefficient (Wildman–Crippen LogP) is 1.83. The van der Waals surface area contributed by atoms with Gasteiger partial charge in [0.2, 0.25) is 0 Å². The van der Waals surface area contributed by atoms with E-state index in [1.54, 1.807) is 59.5 Å². The van der Waals surface area contributed by atoms with Crippen LogP contribution in [0.2, 0.25) is 0 Å². The molecular formula is C18H20N2O3S. The first-order chi connectivity index (χ1) is 11.5. The Bertz CT molecular complexity index is 834. The van der Waals surface area contributed by atoms with Crippen LogP contribution in [0.1, 0.15) is 22.3 Å². The number of sulfone groups is 1. The molecule has 24 heavy (non-hydrogen) atoms. The molecule has 0 aromatic heterocycles. The third-order valence-corrected chi connectivity index (χ3v) is 5.85. The molecule has 1 aliphatic heterocycles.